The summed E-state index contributed by atoms with van der Waals surface area (Å²) in [5.41, 5.74) is 3.69. The number of para-hydroxylation sites is 1. The fourth-order valence-electron chi connectivity index (χ4n) is 4.25. The number of benzene rings is 3. The van der Waals surface area contributed by atoms with Gasteiger partial charge < -0.3 is 4.90 Å². The number of aryl methyl sites for hydroxylation is 1. The van der Waals surface area contributed by atoms with Crippen LogP contribution in [0.3, 0.4) is 0 Å². The second-order valence-corrected chi connectivity index (χ2v) is 7.40. The Morgan fingerprint density at radius 1 is 0.800 bits per heavy atom. The third kappa shape index (κ3) is 2.90. The summed E-state index contributed by atoms with van der Waals surface area (Å²) in [6.07, 6.45) is 1.81. The predicted molar refractivity (Wildman–Crippen MR) is 114 cm³/mol. The maximum atomic E-state index is 13.9. The van der Waals surface area contributed by atoms with E-state index in [2.05, 4.69) is 6.07 Å². The molecule has 3 aromatic rings. The molecule has 0 spiro atoms. The molecule has 0 aromatic heterocycles. The van der Waals surface area contributed by atoms with Crippen molar-refractivity contribution >= 4 is 28.8 Å². The van der Waals surface area contributed by atoms with Crippen LogP contribution in [0.4, 0.5) is 15.8 Å². The van der Waals surface area contributed by atoms with Gasteiger partial charge in [-0.2, -0.15) is 0 Å². The zero-order chi connectivity index (χ0) is 20.7. The summed E-state index contributed by atoms with van der Waals surface area (Å²) < 4.78 is 13.9. The molecule has 2 heterocycles. The van der Waals surface area contributed by atoms with Crippen LogP contribution < -0.4 is 9.80 Å². The smallest absolute Gasteiger partial charge is 0.282 e. The highest BCUT2D eigenvalue weighted by Gasteiger charge is 2.43. The number of halogens is 1. The van der Waals surface area contributed by atoms with E-state index in [9.17, 15) is 14.0 Å². The van der Waals surface area contributed by atoms with E-state index >= 15 is 0 Å². The second-order valence-electron chi connectivity index (χ2n) is 7.40. The van der Waals surface area contributed by atoms with Crippen LogP contribution in [-0.2, 0) is 16.0 Å². The molecule has 0 N–H and O–H groups in total. The van der Waals surface area contributed by atoms with Crippen LogP contribution in [0, 0.1) is 5.82 Å². The Labute approximate surface area is 173 Å². The zero-order valence-electron chi connectivity index (χ0n) is 16.2. The lowest BCUT2D eigenvalue weighted by atomic mass is 9.98. The normalized spacial score (nSPS) is 16.3. The van der Waals surface area contributed by atoms with E-state index in [1.165, 1.54) is 18.2 Å². The fraction of sp³-hybridized carbons (Fsp3) is 0.120. The van der Waals surface area contributed by atoms with Crippen LogP contribution in [-0.4, -0.2) is 18.4 Å². The summed E-state index contributed by atoms with van der Waals surface area (Å²) in [5, 5.41) is 0. The molecule has 0 saturated heterocycles. The highest BCUT2D eigenvalue weighted by molar-refractivity contribution is 6.46. The van der Waals surface area contributed by atoms with Crippen molar-refractivity contribution in [3.63, 3.8) is 0 Å². The first kappa shape index (κ1) is 18.3. The van der Waals surface area contributed by atoms with Gasteiger partial charge >= 0.3 is 0 Å². The quantitative estimate of drug-likeness (QED) is 0.607. The van der Waals surface area contributed by atoms with Crippen molar-refractivity contribution in [3.05, 3.63) is 102 Å². The molecule has 0 atom stereocenters. The SMILES string of the molecule is O=C1C(c2ccccc2)=C(N2CCCc3ccccc32)C(=O)N1c1cccc(F)c1. The molecule has 0 unspecified atom stereocenters. The van der Waals surface area contributed by atoms with E-state index in [0.29, 0.717) is 23.4 Å². The summed E-state index contributed by atoms with van der Waals surface area (Å²) in [7, 11) is 0. The Morgan fingerprint density at radius 2 is 1.57 bits per heavy atom. The Hall–Kier alpha value is -3.73. The van der Waals surface area contributed by atoms with E-state index in [1.54, 1.807) is 6.07 Å². The van der Waals surface area contributed by atoms with Crippen molar-refractivity contribution in [1.29, 1.82) is 0 Å². The lowest BCUT2D eigenvalue weighted by Crippen LogP contribution is -2.37. The molecule has 3 aromatic carbocycles. The molecular formula is C25H19FN2O2. The summed E-state index contributed by atoms with van der Waals surface area (Å²) >= 11 is 0. The van der Waals surface area contributed by atoms with E-state index in [-0.39, 0.29) is 5.69 Å². The van der Waals surface area contributed by atoms with Crippen molar-refractivity contribution in [3.8, 4) is 0 Å². The van der Waals surface area contributed by atoms with Gasteiger partial charge in [-0.3, -0.25) is 9.59 Å². The molecule has 0 aliphatic carbocycles. The molecule has 5 heteroatoms. The Kier molecular flexibility index (Phi) is 4.43. The number of nitrogens with zero attached hydrogens (tertiary/aromatic N) is 2. The zero-order valence-corrected chi connectivity index (χ0v) is 16.2. The number of carbonyl (C=O) groups excluding carboxylic acids is 2. The first-order valence-corrected chi connectivity index (χ1v) is 9.94. The molecule has 0 saturated carbocycles. The van der Waals surface area contributed by atoms with Gasteiger partial charge in [0.2, 0.25) is 0 Å². The van der Waals surface area contributed by atoms with Crippen molar-refractivity contribution in [2.24, 2.45) is 0 Å². The molecule has 0 bridgehead atoms. The lowest BCUT2D eigenvalue weighted by molar-refractivity contribution is -0.120. The molecular weight excluding hydrogens is 379 g/mol. The number of hydrogen-bond donors (Lipinski definition) is 0. The molecule has 5 rings (SSSR count). The van der Waals surface area contributed by atoms with E-state index < -0.39 is 17.6 Å². The van der Waals surface area contributed by atoms with Crippen molar-refractivity contribution < 1.29 is 14.0 Å². The summed E-state index contributed by atoms with van der Waals surface area (Å²) in [6, 6.07) is 22.7. The number of carbonyl (C=O) groups is 2. The number of imide groups is 1. The lowest BCUT2D eigenvalue weighted by Gasteiger charge is -2.32. The largest absolute Gasteiger partial charge is 0.336 e. The first-order chi connectivity index (χ1) is 14.6. The van der Waals surface area contributed by atoms with Gasteiger partial charge in [0.25, 0.3) is 11.8 Å². The van der Waals surface area contributed by atoms with Crippen LogP contribution in [0.1, 0.15) is 17.5 Å². The van der Waals surface area contributed by atoms with Gasteiger partial charge in [0.05, 0.1) is 11.3 Å². The molecule has 30 heavy (non-hydrogen) atoms. The van der Waals surface area contributed by atoms with Crippen LogP contribution in [0.25, 0.3) is 5.57 Å². The monoisotopic (exact) mass is 398 g/mol. The fourth-order valence-corrected chi connectivity index (χ4v) is 4.25. The summed E-state index contributed by atoms with van der Waals surface area (Å²) in [5.74, 6) is -1.36. The summed E-state index contributed by atoms with van der Waals surface area (Å²) in [4.78, 5) is 30.1. The maximum Gasteiger partial charge on any atom is 0.282 e. The van der Waals surface area contributed by atoms with Crippen LogP contribution in [0.15, 0.2) is 84.6 Å². The third-order valence-electron chi connectivity index (χ3n) is 5.57. The number of amides is 2. The molecule has 0 radical (unpaired) electrons. The minimum Gasteiger partial charge on any atom is -0.336 e. The highest BCUT2D eigenvalue weighted by atomic mass is 19.1. The number of hydrogen-bond acceptors (Lipinski definition) is 3. The van der Waals surface area contributed by atoms with Gasteiger partial charge in [-0.25, -0.2) is 9.29 Å². The average Bonchev–Trinajstić information content (AvgIpc) is 3.04. The van der Waals surface area contributed by atoms with Crippen LogP contribution in [0.2, 0.25) is 0 Å². The van der Waals surface area contributed by atoms with Gasteiger partial charge in [-0.1, -0.05) is 54.6 Å². The highest BCUT2D eigenvalue weighted by Crippen LogP contribution is 2.39. The predicted octanol–water partition coefficient (Wildman–Crippen LogP) is 4.56. The third-order valence-corrected chi connectivity index (χ3v) is 5.57. The van der Waals surface area contributed by atoms with E-state index in [1.807, 2.05) is 53.4 Å². The number of rotatable bonds is 3. The Balaban J connectivity index is 1.70. The molecule has 2 aliphatic rings. The standard InChI is InChI=1S/C25H19FN2O2/c26-19-12-6-13-20(16-19)28-24(29)22(18-9-2-1-3-10-18)23(25(28)30)27-15-7-11-17-8-4-5-14-21(17)27/h1-6,8-10,12-14,16H,7,11,15H2. The number of fused-ring (bicyclic) bond motifs is 1. The van der Waals surface area contributed by atoms with Crippen LogP contribution >= 0.6 is 0 Å². The summed E-state index contributed by atoms with van der Waals surface area (Å²) in [6.45, 7) is 0.638. The minimum absolute atomic E-state index is 0.235. The van der Waals surface area contributed by atoms with Crippen molar-refractivity contribution in [2.45, 2.75) is 12.8 Å². The molecule has 148 valence electrons. The van der Waals surface area contributed by atoms with Crippen LogP contribution in [0.5, 0.6) is 0 Å². The molecule has 2 amide bonds. The first-order valence-electron chi connectivity index (χ1n) is 9.94. The van der Waals surface area contributed by atoms with Gasteiger partial charge in [0.1, 0.15) is 11.5 Å². The minimum atomic E-state index is -0.494. The molecule has 2 aliphatic heterocycles. The topological polar surface area (TPSA) is 40.6 Å². The molecule has 0 fully saturated rings. The Morgan fingerprint density at radius 3 is 2.37 bits per heavy atom. The van der Waals surface area contributed by atoms with Gasteiger partial charge in [0, 0.05) is 12.2 Å². The van der Waals surface area contributed by atoms with Gasteiger partial charge in [-0.15, -0.1) is 0 Å². The average molecular weight is 398 g/mol. The Bertz CT molecular complexity index is 1190. The number of anilines is 2. The molecule has 4 nitrogen and oxygen atoms in total. The van der Waals surface area contributed by atoms with Gasteiger partial charge in [-0.05, 0) is 48.2 Å². The maximum absolute atomic E-state index is 13.9. The van der Waals surface area contributed by atoms with Gasteiger partial charge in [0.15, 0.2) is 0 Å². The van der Waals surface area contributed by atoms with Crippen molar-refractivity contribution in [1.82, 2.24) is 0 Å². The van der Waals surface area contributed by atoms with Crippen molar-refractivity contribution in [2.75, 3.05) is 16.3 Å². The van der Waals surface area contributed by atoms with E-state index in [0.717, 1.165) is 29.0 Å². The second kappa shape index (κ2) is 7.26. The van der Waals surface area contributed by atoms with E-state index in [4.69, 9.17) is 0 Å².